The molecule has 2 saturated heterocycles. The minimum atomic E-state index is 0.571. The lowest BCUT2D eigenvalue weighted by molar-refractivity contribution is 0.0389. The molecular weight excluding hydrogens is 458 g/mol. The summed E-state index contributed by atoms with van der Waals surface area (Å²) in [5.74, 6) is 2.53. The first-order valence-electron chi connectivity index (χ1n) is 13.1. The van der Waals surface area contributed by atoms with Gasteiger partial charge in [0.25, 0.3) is 0 Å². The number of hydrogen-bond donors (Lipinski definition) is 2. The molecule has 3 aliphatic rings. The molecule has 0 radical (unpaired) electrons. The molecule has 9 heteroatoms. The topological polar surface area (TPSA) is 68.8 Å². The molecule has 3 aliphatic heterocycles. The molecule has 4 heterocycles. The minimum Gasteiger partial charge on any atom is -0.379 e. The van der Waals surface area contributed by atoms with Gasteiger partial charge in [0.05, 0.1) is 13.2 Å². The zero-order valence-corrected chi connectivity index (χ0v) is 21.4. The second kappa shape index (κ2) is 12.0. The predicted molar refractivity (Wildman–Crippen MR) is 145 cm³/mol. The molecule has 1 aromatic heterocycles. The molecular formula is C26H37N7OS. The van der Waals surface area contributed by atoms with Crippen LogP contribution in [0.15, 0.2) is 30.3 Å². The van der Waals surface area contributed by atoms with Crippen LogP contribution in [-0.2, 0) is 17.7 Å². The first-order valence-corrected chi connectivity index (χ1v) is 13.5. The van der Waals surface area contributed by atoms with Crippen molar-refractivity contribution in [2.75, 3.05) is 74.1 Å². The van der Waals surface area contributed by atoms with Crippen molar-refractivity contribution >= 4 is 34.9 Å². The maximum atomic E-state index is 5.60. The minimum absolute atomic E-state index is 0.571. The molecule has 35 heavy (non-hydrogen) atoms. The molecule has 188 valence electrons. The molecule has 0 bridgehead atoms. The normalized spacial score (nSPS) is 19.1. The third-order valence-electron chi connectivity index (χ3n) is 7.13. The highest BCUT2D eigenvalue weighted by Gasteiger charge is 2.21. The summed E-state index contributed by atoms with van der Waals surface area (Å²) in [5, 5.41) is 7.18. The van der Waals surface area contributed by atoms with Crippen LogP contribution < -0.4 is 20.4 Å². The molecule has 2 fully saturated rings. The van der Waals surface area contributed by atoms with Crippen molar-refractivity contribution < 1.29 is 4.74 Å². The molecule has 0 unspecified atom stereocenters. The van der Waals surface area contributed by atoms with E-state index in [1.807, 2.05) is 0 Å². The lowest BCUT2D eigenvalue weighted by atomic mass is 10.00. The van der Waals surface area contributed by atoms with E-state index in [4.69, 9.17) is 26.9 Å². The van der Waals surface area contributed by atoms with Crippen LogP contribution in [0.3, 0.4) is 0 Å². The number of thiocarbonyl (C=S) groups is 1. The Bertz CT molecular complexity index is 989. The third kappa shape index (κ3) is 6.59. The number of rotatable bonds is 6. The molecule has 2 N–H and O–H groups in total. The fraction of sp³-hybridized carbons (Fsp3) is 0.577. The number of ether oxygens (including phenoxy) is 1. The largest absolute Gasteiger partial charge is 0.379 e. The highest BCUT2D eigenvalue weighted by Crippen LogP contribution is 2.28. The first-order chi connectivity index (χ1) is 17.2. The second-order valence-electron chi connectivity index (χ2n) is 9.58. The number of aromatic nitrogens is 2. The second-order valence-corrected chi connectivity index (χ2v) is 9.99. The monoisotopic (exact) mass is 495 g/mol. The summed E-state index contributed by atoms with van der Waals surface area (Å²) in [6.07, 6.45) is 6.03. The number of nitrogens with one attached hydrogen (secondary N) is 2. The van der Waals surface area contributed by atoms with E-state index in [1.165, 1.54) is 36.8 Å². The van der Waals surface area contributed by atoms with Crippen LogP contribution in [0.5, 0.6) is 0 Å². The molecule has 1 aromatic carbocycles. The van der Waals surface area contributed by atoms with Gasteiger partial charge in [-0.2, -0.15) is 9.97 Å². The Kier molecular flexibility index (Phi) is 8.28. The van der Waals surface area contributed by atoms with Gasteiger partial charge in [-0.1, -0.05) is 37.1 Å². The van der Waals surface area contributed by atoms with Crippen LogP contribution in [0, 0.1) is 0 Å². The fourth-order valence-electron chi connectivity index (χ4n) is 5.09. The zero-order valence-electron chi connectivity index (χ0n) is 20.5. The van der Waals surface area contributed by atoms with Crippen LogP contribution in [0.2, 0.25) is 0 Å². The summed E-state index contributed by atoms with van der Waals surface area (Å²) >= 11 is 5.60. The van der Waals surface area contributed by atoms with Crippen LogP contribution in [0.1, 0.15) is 36.8 Å². The maximum Gasteiger partial charge on any atom is 0.232 e. The molecule has 0 atom stereocenters. The molecule has 2 aromatic rings. The SMILES string of the molecule is S=C(NCCN1CCOCC1)Nc1nc(N2CCCCCC2)cc(N2CCc3ccccc3C2)n1. The highest BCUT2D eigenvalue weighted by molar-refractivity contribution is 7.80. The summed E-state index contributed by atoms with van der Waals surface area (Å²) in [7, 11) is 0. The summed E-state index contributed by atoms with van der Waals surface area (Å²) in [6, 6.07) is 10.9. The van der Waals surface area contributed by atoms with Crippen LogP contribution in [-0.4, -0.2) is 79.0 Å². The van der Waals surface area contributed by atoms with Crippen molar-refractivity contribution in [1.29, 1.82) is 0 Å². The fourth-order valence-corrected chi connectivity index (χ4v) is 5.28. The van der Waals surface area contributed by atoms with Gasteiger partial charge in [0.15, 0.2) is 5.11 Å². The Morgan fingerprint density at radius 3 is 2.37 bits per heavy atom. The number of hydrogen-bond acceptors (Lipinski definition) is 7. The van der Waals surface area contributed by atoms with E-state index in [0.29, 0.717) is 11.1 Å². The summed E-state index contributed by atoms with van der Waals surface area (Å²) in [5.41, 5.74) is 2.82. The van der Waals surface area contributed by atoms with Gasteiger partial charge in [-0.15, -0.1) is 0 Å². The summed E-state index contributed by atoms with van der Waals surface area (Å²) in [4.78, 5) is 17.0. The van der Waals surface area contributed by atoms with Crippen molar-refractivity contribution in [3.63, 3.8) is 0 Å². The van der Waals surface area contributed by atoms with Crippen LogP contribution in [0.4, 0.5) is 17.6 Å². The number of fused-ring (bicyclic) bond motifs is 1. The van der Waals surface area contributed by atoms with E-state index in [1.54, 1.807) is 0 Å². The van der Waals surface area contributed by atoms with Gasteiger partial charge in [0, 0.05) is 58.4 Å². The predicted octanol–water partition coefficient (Wildman–Crippen LogP) is 3.04. The van der Waals surface area contributed by atoms with Crippen molar-refractivity contribution in [3.05, 3.63) is 41.5 Å². The number of morpholine rings is 1. The van der Waals surface area contributed by atoms with Gasteiger partial charge >= 0.3 is 0 Å². The smallest absolute Gasteiger partial charge is 0.232 e. The van der Waals surface area contributed by atoms with Gasteiger partial charge < -0.3 is 25.2 Å². The summed E-state index contributed by atoms with van der Waals surface area (Å²) in [6.45, 7) is 9.21. The van der Waals surface area contributed by atoms with Gasteiger partial charge in [0.2, 0.25) is 5.95 Å². The number of benzene rings is 1. The molecule has 0 aliphatic carbocycles. The van der Waals surface area contributed by atoms with Crippen molar-refractivity contribution in [1.82, 2.24) is 20.2 Å². The van der Waals surface area contributed by atoms with E-state index in [0.717, 1.165) is 83.6 Å². The van der Waals surface area contributed by atoms with Crippen molar-refractivity contribution in [2.45, 2.75) is 38.6 Å². The standard InChI is InChI=1S/C26H37N7OS/c35-26(27-10-14-31-15-17-34-18-16-31)30-25-28-23(32-11-5-1-2-6-12-32)19-24(29-25)33-13-9-21-7-3-4-8-22(21)20-33/h3-4,7-8,19H,1-2,5-6,9-18,20H2,(H2,27,28,29,30,35). The van der Waals surface area contributed by atoms with Gasteiger partial charge in [-0.05, 0) is 42.6 Å². The first kappa shape index (κ1) is 24.2. The van der Waals surface area contributed by atoms with Crippen LogP contribution in [0.25, 0.3) is 0 Å². The van der Waals surface area contributed by atoms with E-state index in [9.17, 15) is 0 Å². The van der Waals surface area contributed by atoms with E-state index >= 15 is 0 Å². The number of anilines is 3. The molecule has 0 amide bonds. The lowest BCUT2D eigenvalue weighted by Gasteiger charge is -2.31. The van der Waals surface area contributed by atoms with Gasteiger partial charge in [-0.25, -0.2) is 0 Å². The molecule has 0 spiro atoms. The maximum absolute atomic E-state index is 5.60. The Morgan fingerprint density at radius 1 is 0.886 bits per heavy atom. The summed E-state index contributed by atoms with van der Waals surface area (Å²) < 4.78 is 5.43. The third-order valence-corrected chi connectivity index (χ3v) is 7.37. The molecule has 0 saturated carbocycles. The highest BCUT2D eigenvalue weighted by atomic mass is 32.1. The van der Waals surface area contributed by atoms with E-state index < -0.39 is 0 Å². The Balaban J connectivity index is 1.29. The van der Waals surface area contributed by atoms with Crippen LogP contribution >= 0.6 is 12.2 Å². The Hall–Kier alpha value is -2.49. The Labute approximate surface area is 214 Å². The van der Waals surface area contributed by atoms with Crippen molar-refractivity contribution in [2.24, 2.45) is 0 Å². The van der Waals surface area contributed by atoms with Gasteiger partial charge in [-0.3, -0.25) is 4.90 Å². The average molecular weight is 496 g/mol. The lowest BCUT2D eigenvalue weighted by Crippen LogP contribution is -2.42. The average Bonchev–Trinajstić information content (AvgIpc) is 3.19. The molecule has 5 rings (SSSR count). The van der Waals surface area contributed by atoms with E-state index in [-0.39, 0.29) is 0 Å². The van der Waals surface area contributed by atoms with E-state index in [2.05, 4.69) is 55.7 Å². The van der Waals surface area contributed by atoms with Crippen molar-refractivity contribution in [3.8, 4) is 0 Å². The molecule has 8 nitrogen and oxygen atoms in total. The quantitative estimate of drug-likeness (QED) is 0.589. The zero-order chi connectivity index (χ0) is 23.9. The number of nitrogens with zero attached hydrogens (tertiary/aromatic N) is 5. The van der Waals surface area contributed by atoms with Gasteiger partial charge in [0.1, 0.15) is 11.6 Å². The Morgan fingerprint density at radius 2 is 1.60 bits per heavy atom.